The van der Waals surface area contributed by atoms with Gasteiger partial charge in [-0.2, -0.15) is 0 Å². The Hall–Kier alpha value is -2.95. The van der Waals surface area contributed by atoms with Crippen LogP contribution in [0.2, 0.25) is 0 Å². The van der Waals surface area contributed by atoms with E-state index in [0.29, 0.717) is 35.0 Å². The number of carbonyl (C=O) groups excluding carboxylic acids is 1. The molecule has 27 heavy (non-hydrogen) atoms. The maximum absolute atomic E-state index is 12.8. The fourth-order valence-corrected chi connectivity index (χ4v) is 3.18. The molecular formula is C22H24O5. The first-order valence-electron chi connectivity index (χ1n) is 8.81. The average molecular weight is 368 g/mol. The molecule has 0 unspecified atom stereocenters. The molecule has 0 saturated heterocycles. The van der Waals surface area contributed by atoms with Crippen LogP contribution in [0, 0.1) is 0 Å². The molecule has 0 radical (unpaired) electrons. The van der Waals surface area contributed by atoms with Crippen molar-refractivity contribution in [1.82, 2.24) is 0 Å². The lowest BCUT2D eigenvalue weighted by atomic mass is 10.1. The molecule has 5 heteroatoms. The van der Waals surface area contributed by atoms with Gasteiger partial charge in [0.25, 0.3) is 0 Å². The van der Waals surface area contributed by atoms with Crippen molar-refractivity contribution in [3.63, 3.8) is 0 Å². The molecule has 1 aliphatic carbocycles. The van der Waals surface area contributed by atoms with Gasteiger partial charge in [0.2, 0.25) is 0 Å². The van der Waals surface area contributed by atoms with Crippen molar-refractivity contribution in [2.75, 3.05) is 21.3 Å². The molecule has 0 atom stereocenters. The Bertz CT molecular complexity index is 896. The summed E-state index contributed by atoms with van der Waals surface area (Å²) < 4.78 is 21.8. The Balaban J connectivity index is 1.95. The number of allylic oxidation sites excluding steroid dienone is 1. The van der Waals surface area contributed by atoms with Crippen LogP contribution in [0.25, 0.3) is 6.08 Å². The zero-order valence-corrected chi connectivity index (χ0v) is 16.3. The van der Waals surface area contributed by atoms with E-state index in [4.69, 9.17) is 18.9 Å². The lowest BCUT2D eigenvalue weighted by Gasteiger charge is -2.14. The Morgan fingerprint density at radius 2 is 1.56 bits per heavy atom. The van der Waals surface area contributed by atoms with Crippen molar-refractivity contribution < 1.29 is 23.7 Å². The first-order valence-corrected chi connectivity index (χ1v) is 8.81. The third-order valence-electron chi connectivity index (χ3n) is 4.42. The second-order valence-electron chi connectivity index (χ2n) is 6.62. The number of Topliss-reactive ketones (excluding diaryl/α,β-unsaturated/α-hetero) is 1. The van der Waals surface area contributed by atoms with Gasteiger partial charge in [0, 0.05) is 17.6 Å². The summed E-state index contributed by atoms with van der Waals surface area (Å²) in [4.78, 5) is 12.8. The summed E-state index contributed by atoms with van der Waals surface area (Å²) >= 11 is 0. The van der Waals surface area contributed by atoms with Crippen molar-refractivity contribution >= 4 is 11.9 Å². The molecule has 0 fully saturated rings. The molecule has 0 aliphatic heterocycles. The fraction of sp³-hybridized carbons (Fsp3) is 0.318. The Morgan fingerprint density at radius 3 is 2.19 bits per heavy atom. The van der Waals surface area contributed by atoms with Crippen LogP contribution in [-0.4, -0.2) is 33.2 Å². The first kappa shape index (κ1) is 18.8. The zero-order chi connectivity index (χ0) is 19.6. The second-order valence-corrected chi connectivity index (χ2v) is 6.62. The highest BCUT2D eigenvalue weighted by Gasteiger charge is 2.27. The molecule has 0 N–H and O–H groups in total. The average Bonchev–Trinajstić information content (AvgIpc) is 2.95. The molecular weight excluding hydrogens is 344 g/mol. The SMILES string of the molecule is COc1cc2c(cc1OC)C(=O)C(=Cc1ccc(OC)c(OC(C)C)c1)C2. The summed E-state index contributed by atoms with van der Waals surface area (Å²) in [5, 5.41) is 0. The van der Waals surface area contributed by atoms with E-state index in [-0.39, 0.29) is 11.9 Å². The molecule has 0 bridgehead atoms. The van der Waals surface area contributed by atoms with E-state index in [2.05, 4.69) is 0 Å². The van der Waals surface area contributed by atoms with Crippen LogP contribution in [0.3, 0.4) is 0 Å². The molecule has 142 valence electrons. The van der Waals surface area contributed by atoms with E-state index in [9.17, 15) is 4.79 Å². The van der Waals surface area contributed by atoms with Crippen LogP contribution in [0.5, 0.6) is 23.0 Å². The Labute approximate surface area is 159 Å². The number of fused-ring (bicyclic) bond motifs is 1. The van der Waals surface area contributed by atoms with Crippen LogP contribution < -0.4 is 18.9 Å². The minimum absolute atomic E-state index is 0.00750. The predicted octanol–water partition coefficient (Wildman–Crippen LogP) is 4.32. The molecule has 0 spiro atoms. The molecule has 0 amide bonds. The van der Waals surface area contributed by atoms with E-state index in [0.717, 1.165) is 16.7 Å². The Morgan fingerprint density at radius 1 is 0.889 bits per heavy atom. The third kappa shape index (κ3) is 3.77. The topological polar surface area (TPSA) is 54.0 Å². The van der Waals surface area contributed by atoms with Crippen LogP contribution in [0.4, 0.5) is 0 Å². The summed E-state index contributed by atoms with van der Waals surface area (Å²) in [6, 6.07) is 9.27. The lowest BCUT2D eigenvalue weighted by molar-refractivity contribution is 0.104. The molecule has 2 aromatic rings. The largest absolute Gasteiger partial charge is 0.493 e. The van der Waals surface area contributed by atoms with Crippen LogP contribution in [0.1, 0.15) is 35.3 Å². The van der Waals surface area contributed by atoms with E-state index in [1.807, 2.05) is 44.2 Å². The predicted molar refractivity (Wildman–Crippen MR) is 104 cm³/mol. The maximum atomic E-state index is 12.8. The van der Waals surface area contributed by atoms with Gasteiger partial charge in [0.05, 0.1) is 27.4 Å². The van der Waals surface area contributed by atoms with Gasteiger partial charge in [-0.3, -0.25) is 4.79 Å². The summed E-state index contributed by atoms with van der Waals surface area (Å²) in [5.41, 5.74) is 3.21. The van der Waals surface area contributed by atoms with Gasteiger partial charge >= 0.3 is 0 Å². The van der Waals surface area contributed by atoms with E-state index in [1.54, 1.807) is 27.4 Å². The van der Waals surface area contributed by atoms with Crippen LogP contribution >= 0.6 is 0 Å². The highest BCUT2D eigenvalue weighted by atomic mass is 16.5. The van der Waals surface area contributed by atoms with Gasteiger partial charge in [-0.1, -0.05) is 6.07 Å². The second kappa shape index (κ2) is 7.74. The number of hydrogen-bond acceptors (Lipinski definition) is 5. The summed E-state index contributed by atoms with van der Waals surface area (Å²) in [6.07, 6.45) is 2.48. The van der Waals surface area contributed by atoms with Gasteiger partial charge in [0.1, 0.15) is 0 Å². The van der Waals surface area contributed by atoms with Crippen LogP contribution in [-0.2, 0) is 6.42 Å². The number of ketones is 1. The fourth-order valence-electron chi connectivity index (χ4n) is 3.18. The summed E-state index contributed by atoms with van der Waals surface area (Å²) in [5.74, 6) is 2.52. The minimum atomic E-state index is 0.00750. The smallest absolute Gasteiger partial charge is 0.189 e. The van der Waals surface area contributed by atoms with Gasteiger partial charge in [-0.25, -0.2) is 0 Å². The molecule has 0 heterocycles. The van der Waals surface area contributed by atoms with Crippen molar-refractivity contribution in [3.8, 4) is 23.0 Å². The molecule has 0 saturated carbocycles. The van der Waals surface area contributed by atoms with Crippen molar-refractivity contribution in [3.05, 3.63) is 52.6 Å². The first-order chi connectivity index (χ1) is 13.0. The number of hydrogen-bond donors (Lipinski definition) is 0. The Kier molecular flexibility index (Phi) is 5.40. The molecule has 1 aliphatic rings. The molecule has 3 rings (SSSR count). The van der Waals surface area contributed by atoms with Crippen molar-refractivity contribution in [2.24, 2.45) is 0 Å². The normalized spacial score (nSPS) is 14.4. The molecule has 0 aromatic heterocycles. The number of methoxy groups -OCH3 is 3. The van der Waals surface area contributed by atoms with Gasteiger partial charge < -0.3 is 18.9 Å². The molecule has 5 nitrogen and oxygen atoms in total. The van der Waals surface area contributed by atoms with Crippen molar-refractivity contribution in [2.45, 2.75) is 26.4 Å². The highest BCUT2D eigenvalue weighted by molar-refractivity contribution is 6.16. The minimum Gasteiger partial charge on any atom is -0.493 e. The lowest BCUT2D eigenvalue weighted by Crippen LogP contribution is -2.06. The van der Waals surface area contributed by atoms with Gasteiger partial charge in [-0.05, 0) is 55.3 Å². The molecule has 2 aromatic carbocycles. The standard InChI is InChI=1S/C22H24O5/c1-13(2)27-21-9-14(6-7-18(21)24-3)8-16-10-15-11-19(25-4)20(26-5)12-17(15)22(16)23/h6-9,11-13H,10H2,1-5H3. The highest BCUT2D eigenvalue weighted by Crippen LogP contribution is 2.37. The van der Waals surface area contributed by atoms with E-state index < -0.39 is 0 Å². The summed E-state index contributed by atoms with van der Waals surface area (Å²) in [7, 11) is 4.76. The number of rotatable bonds is 6. The van der Waals surface area contributed by atoms with Gasteiger partial charge in [0.15, 0.2) is 28.8 Å². The number of carbonyl (C=O) groups is 1. The summed E-state index contributed by atoms with van der Waals surface area (Å²) in [6.45, 7) is 3.92. The zero-order valence-electron chi connectivity index (χ0n) is 16.3. The maximum Gasteiger partial charge on any atom is 0.189 e. The van der Waals surface area contributed by atoms with Crippen LogP contribution in [0.15, 0.2) is 35.9 Å². The van der Waals surface area contributed by atoms with Crippen molar-refractivity contribution in [1.29, 1.82) is 0 Å². The monoisotopic (exact) mass is 368 g/mol. The quantitative estimate of drug-likeness (QED) is 0.711. The number of benzene rings is 2. The third-order valence-corrected chi connectivity index (χ3v) is 4.42. The van der Waals surface area contributed by atoms with Gasteiger partial charge in [-0.15, -0.1) is 0 Å². The van der Waals surface area contributed by atoms with E-state index in [1.165, 1.54) is 0 Å². The number of ether oxygens (including phenoxy) is 4. The van der Waals surface area contributed by atoms with E-state index >= 15 is 0 Å².